The molecule has 1 aromatic rings. The van der Waals surface area contributed by atoms with E-state index in [1.807, 2.05) is 0 Å². The number of rotatable bonds is 7. The third-order valence-electron chi connectivity index (χ3n) is 2.84. The molecule has 4 nitrogen and oxygen atoms in total. The molecule has 0 spiro atoms. The van der Waals surface area contributed by atoms with Gasteiger partial charge in [0.15, 0.2) is 0 Å². The lowest BCUT2D eigenvalue weighted by Crippen LogP contribution is -2.38. The number of carbonyl (C=O) groups excluding carboxylic acids is 1. The van der Waals surface area contributed by atoms with Crippen LogP contribution < -0.4 is 10.6 Å². The van der Waals surface area contributed by atoms with Crippen LogP contribution in [0.3, 0.4) is 0 Å². The minimum absolute atomic E-state index is 0.0207. The highest BCUT2D eigenvalue weighted by Gasteiger charge is 2.15. The van der Waals surface area contributed by atoms with Crippen LogP contribution >= 0.6 is 0 Å². The molecule has 0 aliphatic carbocycles. The van der Waals surface area contributed by atoms with Gasteiger partial charge >= 0.3 is 0 Å². The van der Waals surface area contributed by atoms with Gasteiger partial charge in [-0.3, -0.25) is 4.79 Å². The zero-order valence-electron chi connectivity index (χ0n) is 11.9. The van der Waals surface area contributed by atoms with E-state index < -0.39 is 17.7 Å². The number of benzene rings is 1. The summed E-state index contributed by atoms with van der Waals surface area (Å²) in [7, 11) is 1.58. The van der Waals surface area contributed by atoms with Crippen molar-refractivity contribution in [1.29, 1.82) is 0 Å². The topological polar surface area (TPSA) is 50.4 Å². The van der Waals surface area contributed by atoms with Gasteiger partial charge in [0.05, 0.1) is 5.69 Å². The highest BCUT2D eigenvalue weighted by Crippen LogP contribution is 2.19. The number of halogens is 2. The first-order chi connectivity index (χ1) is 9.45. The van der Waals surface area contributed by atoms with E-state index in [1.54, 1.807) is 14.0 Å². The molecule has 1 rings (SSSR count). The molecule has 2 N–H and O–H groups in total. The molecule has 0 aromatic heterocycles. The Kier molecular flexibility index (Phi) is 6.38. The minimum atomic E-state index is -0.658. The summed E-state index contributed by atoms with van der Waals surface area (Å²) in [5, 5.41) is 5.35. The van der Waals surface area contributed by atoms with Crippen molar-refractivity contribution in [3.8, 4) is 0 Å². The van der Waals surface area contributed by atoms with E-state index in [0.29, 0.717) is 19.6 Å². The number of hydrogen-bond donors (Lipinski definition) is 2. The molecule has 0 aliphatic heterocycles. The lowest BCUT2D eigenvalue weighted by Gasteiger charge is -2.16. The first-order valence-electron chi connectivity index (χ1n) is 6.44. The van der Waals surface area contributed by atoms with Crippen molar-refractivity contribution in [2.24, 2.45) is 0 Å². The van der Waals surface area contributed by atoms with Crippen LogP contribution in [0.4, 0.5) is 14.5 Å². The fourth-order valence-electron chi connectivity index (χ4n) is 1.64. The molecule has 1 amide bonds. The number of anilines is 1. The molecule has 112 valence electrons. The molecular formula is C14H20F2N2O2. The number of nitrogens with one attached hydrogen (secondary N) is 2. The third-order valence-corrected chi connectivity index (χ3v) is 2.84. The Hall–Kier alpha value is -1.69. The molecule has 0 aliphatic rings. The standard InChI is InChI=1S/C14H20F2N2O2/c1-9-7-12(16)13(8-11(9)15)18-10(2)14(19)17-5-4-6-20-3/h7-8,10,18H,4-6H2,1-3H3,(H,17,19). The molecular weight excluding hydrogens is 266 g/mol. The summed E-state index contributed by atoms with van der Waals surface area (Å²) in [4.78, 5) is 11.7. The van der Waals surface area contributed by atoms with Crippen molar-refractivity contribution in [2.75, 3.05) is 25.6 Å². The molecule has 0 saturated carbocycles. The van der Waals surface area contributed by atoms with E-state index in [2.05, 4.69) is 10.6 Å². The van der Waals surface area contributed by atoms with Crippen molar-refractivity contribution >= 4 is 11.6 Å². The second-order valence-electron chi connectivity index (χ2n) is 4.58. The first-order valence-corrected chi connectivity index (χ1v) is 6.44. The molecule has 0 radical (unpaired) electrons. The number of carbonyl (C=O) groups is 1. The summed E-state index contributed by atoms with van der Waals surface area (Å²) in [5.41, 5.74) is 0.206. The van der Waals surface area contributed by atoms with E-state index in [4.69, 9.17) is 4.74 Å². The van der Waals surface area contributed by atoms with E-state index in [1.165, 1.54) is 6.92 Å². The van der Waals surface area contributed by atoms with Crippen LogP contribution in [0.5, 0.6) is 0 Å². The van der Waals surface area contributed by atoms with Crippen molar-refractivity contribution in [3.05, 3.63) is 29.3 Å². The SMILES string of the molecule is COCCCNC(=O)C(C)Nc1cc(F)c(C)cc1F. The van der Waals surface area contributed by atoms with Gasteiger partial charge in [-0.05, 0) is 31.9 Å². The molecule has 0 heterocycles. The van der Waals surface area contributed by atoms with Crippen molar-refractivity contribution in [1.82, 2.24) is 5.32 Å². The lowest BCUT2D eigenvalue weighted by atomic mass is 10.2. The smallest absolute Gasteiger partial charge is 0.242 e. The van der Waals surface area contributed by atoms with Gasteiger partial charge in [-0.25, -0.2) is 8.78 Å². The lowest BCUT2D eigenvalue weighted by molar-refractivity contribution is -0.121. The van der Waals surface area contributed by atoms with Crippen LogP contribution in [-0.4, -0.2) is 32.2 Å². The Balaban J connectivity index is 2.55. The molecule has 20 heavy (non-hydrogen) atoms. The van der Waals surface area contributed by atoms with Crippen molar-refractivity contribution in [3.63, 3.8) is 0 Å². The third kappa shape index (κ3) is 4.77. The van der Waals surface area contributed by atoms with Gasteiger partial charge in [0, 0.05) is 26.3 Å². The summed E-state index contributed by atoms with van der Waals surface area (Å²) < 4.78 is 31.9. The molecule has 0 bridgehead atoms. The van der Waals surface area contributed by atoms with Gasteiger partial charge in [0.25, 0.3) is 0 Å². The van der Waals surface area contributed by atoms with Gasteiger partial charge in [0.1, 0.15) is 17.7 Å². The van der Waals surface area contributed by atoms with Crippen LogP contribution in [0, 0.1) is 18.6 Å². The number of amides is 1. The maximum absolute atomic E-state index is 13.6. The summed E-state index contributed by atoms with van der Waals surface area (Å²) in [6.45, 7) is 4.10. The maximum Gasteiger partial charge on any atom is 0.242 e. The molecule has 1 aromatic carbocycles. The average Bonchev–Trinajstić information content (AvgIpc) is 2.40. The molecule has 0 saturated heterocycles. The van der Waals surface area contributed by atoms with Gasteiger partial charge in [-0.15, -0.1) is 0 Å². The Morgan fingerprint density at radius 3 is 2.70 bits per heavy atom. The molecule has 6 heteroatoms. The molecule has 1 atom stereocenters. The largest absolute Gasteiger partial charge is 0.385 e. The maximum atomic E-state index is 13.6. The van der Waals surface area contributed by atoms with Gasteiger partial charge in [-0.2, -0.15) is 0 Å². The summed E-state index contributed by atoms with van der Waals surface area (Å²) in [6.07, 6.45) is 0.697. The first kappa shape index (κ1) is 16.4. The summed E-state index contributed by atoms with van der Waals surface area (Å²) in [6, 6.07) is 1.49. The molecule has 0 fully saturated rings. The summed E-state index contributed by atoms with van der Waals surface area (Å²) >= 11 is 0. The van der Waals surface area contributed by atoms with Gasteiger partial charge in [-0.1, -0.05) is 0 Å². The highest BCUT2D eigenvalue weighted by atomic mass is 19.1. The second kappa shape index (κ2) is 7.79. The number of ether oxygens (including phenoxy) is 1. The van der Waals surface area contributed by atoms with E-state index in [9.17, 15) is 13.6 Å². The number of aryl methyl sites for hydroxylation is 1. The fourth-order valence-corrected chi connectivity index (χ4v) is 1.64. The van der Waals surface area contributed by atoms with Crippen LogP contribution in [0.2, 0.25) is 0 Å². The van der Waals surface area contributed by atoms with Gasteiger partial charge < -0.3 is 15.4 Å². The quantitative estimate of drug-likeness (QED) is 0.756. The van der Waals surface area contributed by atoms with Crippen LogP contribution in [-0.2, 0) is 9.53 Å². The van der Waals surface area contributed by atoms with Gasteiger partial charge in [0.2, 0.25) is 5.91 Å². The van der Waals surface area contributed by atoms with Crippen molar-refractivity contribution in [2.45, 2.75) is 26.3 Å². The van der Waals surface area contributed by atoms with E-state index in [0.717, 1.165) is 12.1 Å². The Bertz CT molecular complexity index is 467. The fraction of sp³-hybridized carbons (Fsp3) is 0.500. The normalized spacial score (nSPS) is 12.1. The van der Waals surface area contributed by atoms with Crippen LogP contribution in [0.1, 0.15) is 18.9 Å². The monoisotopic (exact) mass is 286 g/mol. The summed E-state index contributed by atoms with van der Waals surface area (Å²) in [5.74, 6) is -1.37. The number of methoxy groups -OCH3 is 1. The van der Waals surface area contributed by atoms with E-state index >= 15 is 0 Å². The predicted octanol–water partition coefficient (Wildman–Crippen LogP) is 2.23. The van der Waals surface area contributed by atoms with Crippen LogP contribution in [0.25, 0.3) is 0 Å². The predicted molar refractivity (Wildman–Crippen MR) is 73.7 cm³/mol. The van der Waals surface area contributed by atoms with Crippen molar-refractivity contribution < 1.29 is 18.3 Å². The minimum Gasteiger partial charge on any atom is -0.385 e. The Labute approximate surface area is 117 Å². The molecule has 1 unspecified atom stereocenters. The van der Waals surface area contributed by atoms with E-state index in [-0.39, 0.29) is 17.2 Å². The average molecular weight is 286 g/mol. The van der Waals surface area contributed by atoms with Crippen LogP contribution in [0.15, 0.2) is 12.1 Å². The Morgan fingerprint density at radius 2 is 2.05 bits per heavy atom. The highest BCUT2D eigenvalue weighted by molar-refractivity contribution is 5.84. The zero-order valence-corrected chi connectivity index (χ0v) is 11.9. The zero-order chi connectivity index (χ0) is 15.1. The Morgan fingerprint density at radius 1 is 1.35 bits per heavy atom. The second-order valence-corrected chi connectivity index (χ2v) is 4.58. The number of hydrogen-bond acceptors (Lipinski definition) is 3.